The van der Waals surface area contributed by atoms with E-state index in [2.05, 4.69) is 4.74 Å². The highest BCUT2D eigenvalue weighted by molar-refractivity contribution is 5.93. The number of esters is 1. The molecule has 19 heavy (non-hydrogen) atoms. The van der Waals surface area contributed by atoms with Crippen molar-refractivity contribution in [3.05, 3.63) is 46.2 Å². The predicted octanol–water partition coefficient (Wildman–Crippen LogP) is 1.61. The van der Waals surface area contributed by atoms with Gasteiger partial charge in [-0.1, -0.05) is 0 Å². The first-order valence-corrected chi connectivity index (χ1v) is 5.17. The summed E-state index contributed by atoms with van der Waals surface area (Å²) < 4.78 is 4.44. The zero-order valence-corrected chi connectivity index (χ0v) is 10.4. The van der Waals surface area contributed by atoms with Crippen LogP contribution in [0.4, 0.5) is 11.4 Å². The fourth-order valence-corrected chi connectivity index (χ4v) is 1.31. The largest absolute Gasteiger partial charge is 0.465 e. The maximum absolute atomic E-state index is 11.2. The van der Waals surface area contributed by atoms with E-state index in [1.165, 1.54) is 42.5 Å². The summed E-state index contributed by atoms with van der Waals surface area (Å²) in [7, 11) is 2.79. The number of methoxy groups -OCH3 is 1. The van der Waals surface area contributed by atoms with Crippen molar-refractivity contribution in [3.63, 3.8) is 0 Å². The summed E-state index contributed by atoms with van der Waals surface area (Å²) in [6.07, 6.45) is 1.30. The minimum absolute atomic E-state index is 0.0328. The molecule has 0 saturated heterocycles. The van der Waals surface area contributed by atoms with E-state index in [9.17, 15) is 14.9 Å². The number of ether oxygens (including phenoxy) is 1. The number of carbonyl (C=O) groups excluding carboxylic acids is 1. The summed E-state index contributed by atoms with van der Waals surface area (Å²) in [6.45, 7) is 0. The Morgan fingerprint density at radius 3 is 2.47 bits per heavy atom. The van der Waals surface area contributed by atoms with Gasteiger partial charge in [0.1, 0.15) is 6.07 Å². The van der Waals surface area contributed by atoms with Gasteiger partial charge in [-0.3, -0.25) is 10.1 Å². The number of nitro groups is 1. The average Bonchev–Trinajstić information content (AvgIpc) is 2.43. The molecule has 0 N–H and O–H groups in total. The summed E-state index contributed by atoms with van der Waals surface area (Å²) in [6, 6.07) is 7.42. The zero-order chi connectivity index (χ0) is 14.4. The van der Waals surface area contributed by atoms with Crippen LogP contribution in [0.25, 0.3) is 0 Å². The molecular formula is C12H11N3O4. The van der Waals surface area contributed by atoms with Crippen LogP contribution in [0.3, 0.4) is 0 Å². The third kappa shape index (κ3) is 3.54. The Bertz CT molecular complexity index is 557. The second kappa shape index (κ2) is 6.16. The van der Waals surface area contributed by atoms with Gasteiger partial charge in [-0.15, -0.1) is 0 Å². The summed E-state index contributed by atoms with van der Waals surface area (Å²) in [5, 5.41) is 19.3. The van der Waals surface area contributed by atoms with Gasteiger partial charge in [0.2, 0.25) is 0 Å². The normalized spacial score (nSPS) is 10.5. The molecule has 98 valence electrons. The van der Waals surface area contributed by atoms with E-state index in [1.807, 2.05) is 0 Å². The fourth-order valence-electron chi connectivity index (χ4n) is 1.31. The van der Waals surface area contributed by atoms with Crippen LogP contribution in [0, 0.1) is 21.4 Å². The Morgan fingerprint density at radius 1 is 1.47 bits per heavy atom. The maximum Gasteiger partial charge on any atom is 0.350 e. The number of carbonyl (C=O) groups is 1. The van der Waals surface area contributed by atoms with Gasteiger partial charge >= 0.3 is 5.97 Å². The quantitative estimate of drug-likeness (QED) is 0.268. The minimum atomic E-state index is -0.740. The molecular weight excluding hydrogens is 250 g/mol. The molecule has 0 atom stereocenters. The molecule has 0 spiro atoms. The lowest BCUT2D eigenvalue weighted by Gasteiger charge is -2.14. The van der Waals surface area contributed by atoms with Crippen molar-refractivity contribution in [2.75, 3.05) is 19.1 Å². The van der Waals surface area contributed by atoms with Gasteiger partial charge in [0, 0.05) is 31.1 Å². The number of anilines is 1. The molecule has 0 heterocycles. The molecule has 0 radical (unpaired) electrons. The standard InChI is InChI=1S/C12H11N3O4/c1-14(8-9(7-13)12(16)19-2)10-3-5-11(6-4-10)15(17)18/h3-6,8H,1-2H3/b9-8+. The van der Waals surface area contributed by atoms with E-state index in [-0.39, 0.29) is 11.3 Å². The fraction of sp³-hybridized carbons (Fsp3) is 0.167. The topological polar surface area (TPSA) is 96.5 Å². The number of benzene rings is 1. The molecule has 1 aromatic rings. The first kappa shape index (κ1) is 14.2. The van der Waals surface area contributed by atoms with Crippen molar-refractivity contribution < 1.29 is 14.5 Å². The number of hydrogen-bond donors (Lipinski definition) is 0. The van der Waals surface area contributed by atoms with Crippen molar-refractivity contribution in [1.82, 2.24) is 0 Å². The van der Waals surface area contributed by atoms with E-state index < -0.39 is 10.9 Å². The Morgan fingerprint density at radius 2 is 2.05 bits per heavy atom. The summed E-state index contributed by atoms with van der Waals surface area (Å²) >= 11 is 0. The van der Waals surface area contributed by atoms with Crippen LogP contribution in [0.2, 0.25) is 0 Å². The average molecular weight is 261 g/mol. The number of non-ortho nitro benzene ring substituents is 1. The van der Waals surface area contributed by atoms with Crippen molar-refractivity contribution in [2.45, 2.75) is 0 Å². The molecule has 0 aliphatic carbocycles. The zero-order valence-electron chi connectivity index (χ0n) is 10.4. The molecule has 1 aromatic carbocycles. The van der Waals surface area contributed by atoms with Crippen LogP contribution in [0.1, 0.15) is 0 Å². The Labute approximate surface area is 109 Å². The van der Waals surface area contributed by atoms with Gasteiger partial charge in [0.15, 0.2) is 5.57 Å². The molecule has 0 fully saturated rings. The molecule has 0 bridgehead atoms. The van der Waals surface area contributed by atoms with Gasteiger partial charge in [-0.25, -0.2) is 4.79 Å². The Hall–Kier alpha value is -2.88. The van der Waals surface area contributed by atoms with Gasteiger partial charge in [-0.2, -0.15) is 5.26 Å². The van der Waals surface area contributed by atoms with Gasteiger partial charge in [0.25, 0.3) is 5.69 Å². The van der Waals surface area contributed by atoms with Crippen LogP contribution in [0.5, 0.6) is 0 Å². The number of nitro benzene ring substituents is 1. The third-order valence-corrected chi connectivity index (χ3v) is 2.32. The van der Waals surface area contributed by atoms with E-state index >= 15 is 0 Å². The lowest BCUT2D eigenvalue weighted by atomic mass is 10.2. The highest BCUT2D eigenvalue weighted by Crippen LogP contribution is 2.19. The summed E-state index contributed by atoms with van der Waals surface area (Å²) in [5.74, 6) is -0.740. The van der Waals surface area contributed by atoms with Crippen LogP contribution < -0.4 is 4.90 Å². The number of hydrogen-bond acceptors (Lipinski definition) is 6. The minimum Gasteiger partial charge on any atom is -0.465 e. The number of nitriles is 1. The van der Waals surface area contributed by atoms with Crippen molar-refractivity contribution in [3.8, 4) is 6.07 Å². The molecule has 0 aliphatic rings. The van der Waals surface area contributed by atoms with Crippen molar-refractivity contribution in [2.24, 2.45) is 0 Å². The van der Waals surface area contributed by atoms with Crippen LogP contribution in [0.15, 0.2) is 36.0 Å². The molecule has 0 unspecified atom stereocenters. The molecule has 0 amide bonds. The highest BCUT2D eigenvalue weighted by Gasteiger charge is 2.11. The van der Waals surface area contributed by atoms with E-state index in [0.29, 0.717) is 5.69 Å². The van der Waals surface area contributed by atoms with E-state index in [0.717, 1.165) is 0 Å². The second-order valence-corrected chi connectivity index (χ2v) is 3.53. The number of nitrogens with zero attached hydrogens (tertiary/aromatic N) is 3. The maximum atomic E-state index is 11.2. The molecule has 1 rings (SSSR count). The lowest BCUT2D eigenvalue weighted by molar-refractivity contribution is -0.384. The summed E-state index contributed by atoms with van der Waals surface area (Å²) in [4.78, 5) is 22.7. The summed E-state index contributed by atoms with van der Waals surface area (Å²) in [5.41, 5.74) is 0.403. The van der Waals surface area contributed by atoms with Crippen LogP contribution in [-0.4, -0.2) is 25.1 Å². The second-order valence-electron chi connectivity index (χ2n) is 3.53. The monoisotopic (exact) mass is 261 g/mol. The van der Waals surface area contributed by atoms with E-state index in [4.69, 9.17) is 5.26 Å². The van der Waals surface area contributed by atoms with Crippen LogP contribution in [-0.2, 0) is 9.53 Å². The smallest absolute Gasteiger partial charge is 0.350 e. The Kier molecular flexibility index (Phi) is 4.60. The number of rotatable bonds is 4. The first-order valence-electron chi connectivity index (χ1n) is 5.17. The lowest BCUT2D eigenvalue weighted by Crippen LogP contribution is -2.13. The van der Waals surface area contributed by atoms with Gasteiger partial charge < -0.3 is 9.64 Å². The highest BCUT2D eigenvalue weighted by atomic mass is 16.6. The third-order valence-electron chi connectivity index (χ3n) is 2.32. The molecule has 0 aromatic heterocycles. The molecule has 7 nitrogen and oxygen atoms in total. The van der Waals surface area contributed by atoms with Gasteiger partial charge in [-0.05, 0) is 12.1 Å². The van der Waals surface area contributed by atoms with Crippen molar-refractivity contribution in [1.29, 1.82) is 5.26 Å². The molecule has 0 saturated carbocycles. The Balaban J connectivity index is 2.97. The first-order chi connectivity index (χ1) is 8.99. The van der Waals surface area contributed by atoms with Gasteiger partial charge in [0.05, 0.1) is 12.0 Å². The van der Waals surface area contributed by atoms with Crippen molar-refractivity contribution >= 4 is 17.3 Å². The molecule has 0 aliphatic heterocycles. The SMILES string of the molecule is COC(=O)/C(C#N)=C/N(C)c1ccc([N+](=O)[O-])cc1. The van der Waals surface area contributed by atoms with E-state index in [1.54, 1.807) is 13.1 Å². The van der Waals surface area contributed by atoms with Crippen LogP contribution >= 0.6 is 0 Å². The predicted molar refractivity (Wildman–Crippen MR) is 67.2 cm³/mol. The molecule has 7 heteroatoms.